The van der Waals surface area contributed by atoms with Crippen molar-refractivity contribution in [3.8, 4) is 0 Å². The molecule has 3 aliphatic rings. The molecule has 0 unspecified atom stereocenters. The molecule has 3 heterocycles. The number of nitrogens with zero attached hydrogens (tertiary/aromatic N) is 4. The van der Waals surface area contributed by atoms with Crippen molar-refractivity contribution in [2.45, 2.75) is 70.4 Å². The summed E-state index contributed by atoms with van der Waals surface area (Å²) in [5.74, 6) is 1.34. The molecule has 1 atom stereocenters. The van der Waals surface area contributed by atoms with Gasteiger partial charge in [-0.15, -0.1) is 0 Å². The Hall–Kier alpha value is -1.82. The largest absolute Gasteiger partial charge is 0.393 e. The first kappa shape index (κ1) is 20.5. The average molecular weight is 401 g/mol. The van der Waals surface area contributed by atoms with E-state index >= 15 is 0 Å². The van der Waals surface area contributed by atoms with E-state index in [4.69, 9.17) is 4.98 Å². The Bertz CT molecular complexity index is 666. The number of carbonyl (C=O) groups excluding carboxylic acids is 1. The summed E-state index contributed by atoms with van der Waals surface area (Å²) >= 11 is 0. The van der Waals surface area contributed by atoms with Gasteiger partial charge in [-0.2, -0.15) is 0 Å². The summed E-state index contributed by atoms with van der Waals surface area (Å²) in [6, 6.07) is 4.61. The average Bonchev–Trinajstić information content (AvgIpc) is 3.31. The van der Waals surface area contributed by atoms with Crippen molar-refractivity contribution in [1.82, 2.24) is 9.88 Å². The summed E-state index contributed by atoms with van der Waals surface area (Å²) in [7, 11) is 0. The minimum atomic E-state index is -0.181. The molecule has 3 fully saturated rings. The predicted molar refractivity (Wildman–Crippen MR) is 116 cm³/mol. The molecule has 0 radical (unpaired) electrons. The number of aromatic nitrogens is 1. The first-order valence-corrected chi connectivity index (χ1v) is 11.6. The van der Waals surface area contributed by atoms with Crippen LogP contribution >= 0.6 is 0 Å². The molecule has 6 nitrogen and oxygen atoms in total. The molecule has 1 saturated carbocycles. The summed E-state index contributed by atoms with van der Waals surface area (Å²) < 4.78 is 0. The molecule has 6 heteroatoms. The smallest absolute Gasteiger partial charge is 0.227 e. The molecule has 1 aromatic heterocycles. The maximum atomic E-state index is 13.3. The highest BCUT2D eigenvalue weighted by Crippen LogP contribution is 2.29. The van der Waals surface area contributed by atoms with Gasteiger partial charge in [-0.05, 0) is 70.4 Å². The van der Waals surface area contributed by atoms with E-state index in [-0.39, 0.29) is 12.0 Å². The minimum absolute atomic E-state index is 0.0515. The van der Waals surface area contributed by atoms with Gasteiger partial charge in [0.05, 0.1) is 23.9 Å². The first-order chi connectivity index (χ1) is 14.2. The zero-order valence-electron chi connectivity index (χ0n) is 17.8. The Balaban J connectivity index is 1.38. The van der Waals surface area contributed by atoms with E-state index in [0.717, 1.165) is 77.1 Å². The number of amides is 1. The maximum Gasteiger partial charge on any atom is 0.227 e. The number of aliphatic hydroxyl groups is 1. The van der Waals surface area contributed by atoms with Crippen LogP contribution in [0, 0.1) is 5.92 Å². The second-order valence-electron chi connectivity index (χ2n) is 8.94. The fourth-order valence-corrected chi connectivity index (χ4v) is 5.31. The van der Waals surface area contributed by atoms with Crippen LogP contribution in [-0.4, -0.2) is 65.8 Å². The molecule has 1 aliphatic carbocycles. The molecule has 0 bridgehead atoms. The highest BCUT2D eigenvalue weighted by Gasteiger charge is 2.34. The van der Waals surface area contributed by atoms with Crippen LogP contribution in [0.1, 0.15) is 58.3 Å². The van der Waals surface area contributed by atoms with Gasteiger partial charge in [-0.1, -0.05) is 0 Å². The number of piperidine rings is 1. The Kier molecular flexibility index (Phi) is 6.58. The first-order valence-electron chi connectivity index (χ1n) is 11.6. The lowest BCUT2D eigenvalue weighted by molar-refractivity contribution is -0.139. The third-order valence-corrected chi connectivity index (χ3v) is 7.03. The lowest BCUT2D eigenvalue weighted by Gasteiger charge is -2.40. The zero-order valence-corrected chi connectivity index (χ0v) is 17.8. The van der Waals surface area contributed by atoms with Crippen molar-refractivity contribution in [2.24, 2.45) is 5.92 Å². The van der Waals surface area contributed by atoms with E-state index in [1.807, 2.05) is 6.20 Å². The fraction of sp³-hybridized carbons (Fsp3) is 0.739. The number of pyridine rings is 1. The van der Waals surface area contributed by atoms with Crippen LogP contribution in [0.5, 0.6) is 0 Å². The van der Waals surface area contributed by atoms with Crippen LogP contribution in [0.3, 0.4) is 0 Å². The van der Waals surface area contributed by atoms with Crippen LogP contribution in [0.15, 0.2) is 18.3 Å². The van der Waals surface area contributed by atoms with Gasteiger partial charge < -0.3 is 19.8 Å². The molecule has 1 aromatic rings. The van der Waals surface area contributed by atoms with E-state index in [0.29, 0.717) is 11.9 Å². The van der Waals surface area contributed by atoms with Crippen LogP contribution in [0.2, 0.25) is 0 Å². The Morgan fingerprint density at radius 1 is 1.07 bits per heavy atom. The number of aliphatic hydroxyl groups excluding tert-OH is 1. The van der Waals surface area contributed by atoms with Crippen LogP contribution in [0.4, 0.5) is 11.5 Å². The summed E-state index contributed by atoms with van der Waals surface area (Å²) in [6.07, 6.45) is 9.85. The Morgan fingerprint density at radius 3 is 2.45 bits per heavy atom. The fourth-order valence-electron chi connectivity index (χ4n) is 5.31. The highest BCUT2D eigenvalue weighted by molar-refractivity contribution is 5.80. The van der Waals surface area contributed by atoms with Crippen molar-refractivity contribution in [3.05, 3.63) is 18.3 Å². The van der Waals surface area contributed by atoms with Gasteiger partial charge in [0.15, 0.2) is 0 Å². The number of anilines is 2. The Morgan fingerprint density at radius 2 is 1.79 bits per heavy atom. The van der Waals surface area contributed by atoms with Gasteiger partial charge in [-0.3, -0.25) is 4.79 Å². The van der Waals surface area contributed by atoms with E-state index in [2.05, 4.69) is 33.8 Å². The van der Waals surface area contributed by atoms with Crippen LogP contribution in [0.25, 0.3) is 0 Å². The molecular weight excluding hydrogens is 364 g/mol. The zero-order chi connectivity index (χ0) is 20.2. The molecule has 1 amide bonds. The molecule has 0 spiro atoms. The standard InChI is InChI=1S/C23H36N4O2/c1-2-27(19-7-10-21(28)11-8-19)23(29)18-6-5-15-26(17-18)22-12-9-20(16-24-22)25-13-3-4-14-25/h9,12,16,18-19,21,28H,2-8,10-11,13-15,17H2,1H3/t18-,19?,21?/m0/s1. The van der Waals surface area contributed by atoms with Gasteiger partial charge in [0.2, 0.25) is 5.91 Å². The quantitative estimate of drug-likeness (QED) is 0.823. The van der Waals surface area contributed by atoms with Crippen molar-refractivity contribution < 1.29 is 9.90 Å². The minimum Gasteiger partial charge on any atom is -0.393 e. The van der Waals surface area contributed by atoms with Crippen molar-refractivity contribution in [3.63, 3.8) is 0 Å². The highest BCUT2D eigenvalue weighted by atomic mass is 16.3. The topological polar surface area (TPSA) is 59.9 Å². The normalized spacial score (nSPS) is 27.9. The molecule has 4 rings (SSSR count). The van der Waals surface area contributed by atoms with E-state index in [1.165, 1.54) is 18.5 Å². The molecule has 1 N–H and O–H groups in total. The lowest BCUT2D eigenvalue weighted by Crippen LogP contribution is -2.49. The predicted octanol–water partition coefficient (Wildman–Crippen LogP) is 3.05. The third-order valence-electron chi connectivity index (χ3n) is 7.03. The molecule has 2 saturated heterocycles. The summed E-state index contributed by atoms with van der Waals surface area (Å²) in [5.41, 5.74) is 1.22. The second kappa shape index (κ2) is 9.33. The van der Waals surface area contributed by atoms with E-state index in [9.17, 15) is 9.90 Å². The third kappa shape index (κ3) is 4.68. The van der Waals surface area contributed by atoms with Gasteiger partial charge in [-0.25, -0.2) is 4.98 Å². The van der Waals surface area contributed by atoms with E-state index < -0.39 is 0 Å². The van der Waals surface area contributed by atoms with Crippen molar-refractivity contribution >= 4 is 17.4 Å². The number of rotatable bonds is 5. The van der Waals surface area contributed by atoms with Crippen LogP contribution in [-0.2, 0) is 4.79 Å². The monoisotopic (exact) mass is 400 g/mol. The molecule has 2 aliphatic heterocycles. The lowest BCUT2D eigenvalue weighted by atomic mass is 9.90. The van der Waals surface area contributed by atoms with Gasteiger partial charge in [0.1, 0.15) is 5.82 Å². The van der Waals surface area contributed by atoms with Gasteiger partial charge >= 0.3 is 0 Å². The van der Waals surface area contributed by atoms with Gasteiger partial charge in [0, 0.05) is 38.8 Å². The summed E-state index contributed by atoms with van der Waals surface area (Å²) in [4.78, 5) is 24.8. The number of hydrogen-bond acceptors (Lipinski definition) is 5. The maximum absolute atomic E-state index is 13.3. The number of carbonyl (C=O) groups is 1. The van der Waals surface area contributed by atoms with Crippen LogP contribution < -0.4 is 9.80 Å². The molecular formula is C23H36N4O2. The molecule has 0 aromatic carbocycles. The molecule has 29 heavy (non-hydrogen) atoms. The SMILES string of the molecule is CCN(C(=O)[C@H]1CCCN(c2ccc(N3CCCC3)cn2)C1)C1CCC(O)CC1. The van der Waals surface area contributed by atoms with Crippen molar-refractivity contribution in [2.75, 3.05) is 42.5 Å². The van der Waals surface area contributed by atoms with E-state index in [1.54, 1.807) is 0 Å². The van der Waals surface area contributed by atoms with Gasteiger partial charge in [0.25, 0.3) is 0 Å². The summed E-state index contributed by atoms with van der Waals surface area (Å²) in [5, 5.41) is 9.80. The summed E-state index contributed by atoms with van der Waals surface area (Å²) in [6.45, 7) is 6.85. The molecule has 160 valence electrons. The number of hydrogen-bond donors (Lipinski definition) is 1. The second-order valence-corrected chi connectivity index (χ2v) is 8.94. The van der Waals surface area contributed by atoms with Crippen molar-refractivity contribution in [1.29, 1.82) is 0 Å². The Labute approximate surface area is 174 Å².